The first kappa shape index (κ1) is 10.3. The number of hydrazine groups is 1. The standard InChI is InChI=1S/C9H7Cl2N3O/c10-6-2-1-5(3-7(6)11)9-12-4-8(15)13-14-9/h1-3H,4H2,(H,12,14)(H,13,15). The Labute approximate surface area is 96.3 Å². The molecule has 0 saturated heterocycles. The summed E-state index contributed by atoms with van der Waals surface area (Å²) in [5.41, 5.74) is 5.93. The second kappa shape index (κ2) is 4.08. The maximum atomic E-state index is 10.8. The van der Waals surface area contributed by atoms with Crippen LogP contribution in [-0.4, -0.2) is 18.3 Å². The van der Waals surface area contributed by atoms with Crippen molar-refractivity contribution in [2.24, 2.45) is 4.99 Å². The van der Waals surface area contributed by atoms with Gasteiger partial charge in [0.05, 0.1) is 10.0 Å². The Bertz CT molecular complexity index is 445. The first-order chi connectivity index (χ1) is 7.16. The average Bonchev–Trinajstić information content (AvgIpc) is 2.23. The molecule has 78 valence electrons. The molecule has 1 heterocycles. The van der Waals surface area contributed by atoms with E-state index >= 15 is 0 Å². The molecular weight excluding hydrogens is 237 g/mol. The summed E-state index contributed by atoms with van der Waals surface area (Å²) in [4.78, 5) is 14.9. The van der Waals surface area contributed by atoms with E-state index in [9.17, 15) is 4.79 Å². The van der Waals surface area contributed by atoms with Crippen molar-refractivity contribution in [2.75, 3.05) is 6.54 Å². The van der Waals surface area contributed by atoms with Crippen LogP contribution < -0.4 is 10.9 Å². The highest BCUT2D eigenvalue weighted by Gasteiger charge is 2.12. The van der Waals surface area contributed by atoms with E-state index in [4.69, 9.17) is 23.2 Å². The Morgan fingerprint density at radius 3 is 2.60 bits per heavy atom. The van der Waals surface area contributed by atoms with Crippen LogP contribution in [0.4, 0.5) is 0 Å². The lowest BCUT2D eigenvalue weighted by Crippen LogP contribution is -2.47. The van der Waals surface area contributed by atoms with Gasteiger partial charge in [-0.3, -0.25) is 20.6 Å². The Morgan fingerprint density at radius 1 is 1.20 bits per heavy atom. The van der Waals surface area contributed by atoms with Gasteiger partial charge in [0.1, 0.15) is 12.4 Å². The fraction of sp³-hybridized carbons (Fsp3) is 0.111. The maximum Gasteiger partial charge on any atom is 0.260 e. The molecule has 2 N–H and O–H groups in total. The van der Waals surface area contributed by atoms with E-state index in [1.807, 2.05) is 0 Å². The van der Waals surface area contributed by atoms with Crippen molar-refractivity contribution in [2.45, 2.75) is 0 Å². The van der Waals surface area contributed by atoms with Crippen molar-refractivity contribution in [3.05, 3.63) is 33.8 Å². The van der Waals surface area contributed by atoms with Crippen LogP contribution in [0, 0.1) is 0 Å². The van der Waals surface area contributed by atoms with Crippen LogP contribution in [0.5, 0.6) is 0 Å². The normalized spacial score (nSPS) is 15.3. The Morgan fingerprint density at radius 2 is 2.00 bits per heavy atom. The number of carbonyl (C=O) groups is 1. The zero-order valence-corrected chi connectivity index (χ0v) is 9.06. The van der Waals surface area contributed by atoms with Crippen LogP contribution >= 0.6 is 23.2 Å². The van der Waals surface area contributed by atoms with E-state index in [-0.39, 0.29) is 12.5 Å². The van der Waals surface area contributed by atoms with E-state index in [1.54, 1.807) is 18.2 Å². The van der Waals surface area contributed by atoms with Crippen LogP contribution in [0.1, 0.15) is 5.56 Å². The van der Waals surface area contributed by atoms with Crippen molar-refractivity contribution >= 4 is 34.9 Å². The third kappa shape index (κ3) is 2.22. The van der Waals surface area contributed by atoms with Crippen molar-refractivity contribution in [1.29, 1.82) is 0 Å². The fourth-order valence-electron chi connectivity index (χ4n) is 1.17. The van der Waals surface area contributed by atoms with E-state index < -0.39 is 0 Å². The molecule has 0 aliphatic carbocycles. The number of aliphatic imine (C=N–C) groups is 1. The van der Waals surface area contributed by atoms with Gasteiger partial charge in [0.15, 0.2) is 0 Å². The summed E-state index contributed by atoms with van der Waals surface area (Å²) in [6, 6.07) is 5.14. The Hall–Kier alpha value is -1.26. The lowest BCUT2D eigenvalue weighted by atomic mass is 10.2. The molecule has 0 spiro atoms. The number of rotatable bonds is 1. The van der Waals surface area contributed by atoms with Gasteiger partial charge in [-0.1, -0.05) is 23.2 Å². The molecule has 6 heteroatoms. The van der Waals surface area contributed by atoms with Gasteiger partial charge >= 0.3 is 0 Å². The molecule has 15 heavy (non-hydrogen) atoms. The minimum absolute atomic E-state index is 0.114. The molecule has 0 bridgehead atoms. The van der Waals surface area contributed by atoms with Gasteiger partial charge in [0, 0.05) is 5.56 Å². The smallest absolute Gasteiger partial charge is 0.260 e. The van der Waals surface area contributed by atoms with Crippen molar-refractivity contribution in [1.82, 2.24) is 10.9 Å². The van der Waals surface area contributed by atoms with Gasteiger partial charge in [0.2, 0.25) is 0 Å². The molecule has 0 unspecified atom stereocenters. The first-order valence-electron chi connectivity index (χ1n) is 4.21. The second-order valence-electron chi connectivity index (χ2n) is 2.97. The molecule has 4 nitrogen and oxygen atoms in total. The molecular formula is C9H7Cl2N3O. The summed E-state index contributed by atoms with van der Waals surface area (Å²) in [5, 5.41) is 0.941. The van der Waals surface area contributed by atoms with Crippen LogP contribution in [0.25, 0.3) is 0 Å². The van der Waals surface area contributed by atoms with Crippen molar-refractivity contribution in [3.8, 4) is 0 Å². The summed E-state index contributed by atoms with van der Waals surface area (Å²) < 4.78 is 0. The van der Waals surface area contributed by atoms with E-state index in [2.05, 4.69) is 15.8 Å². The zero-order valence-electron chi connectivity index (χ0n) is 7.55. The predicted molar refractivity (Wildman–Crippen MR) is 59.1 cm³/mol. The summed E-state index contributed by atoms with van der Waals surface area (Å²) >= 11 is 11.6. The van der Waals surface area contributed by atoms with Gasteiger partial charge in [-0.2, -0.15) is 0 Å². The van der Waals surface area contributed by atoms with Crippen molar-refractivity contribution in [3.63, 3.8) is 0 Å². The van der Waals surface area contributed by atoms with Crippen LogP contribution in [0.3, 0.4) is 0 Å². The van der Waals surface area contributed by atoms with Gasteiger partial charge < -0.3 is 0 Å². The SMILES string of the molecule is O=C1CN=C(c2ccc(Cl)c(Cl)c2)NN1. The lowest BCUT2D eigenvalue weighted by molar-refractivity contribution is -0.120. The lowest BCUT2D eigenvalue weighted by Gasteiger charge is -2.15. The molecule has 0 fully saturated rings. The molecule has 1 aromatic carbocycles. The minimum Gasteiger partial charge on any atom is -0.282 e. The Balaban J connectivity index is 2.30. The number of hydrogen-bond donors (Lipinski definition) is 2. The number of nitrogens with one attached hydrogen (secondary N) is 2. The van der Waals surface area contributed by atoms with E-state index in [1.165, 1.54) is 0 Å². The number of nitrogens with zero attached hydrogens (tertiary/aromatic N) is 1. The van der Waals surface area contributed by atoms with Gasteiger partial charge in [-0.25, -0.2) is 0 Å². The minimum atomic E-state index is -0.168. The average molecular weight is 244 g/mol. The number of amidine groups is 1. The summed E-state index contributed by atoms with van der Waals surface area (Å²) in [7, 11) is 0. The molecule has 1 aliphatic rings. The van der Waals surface area contributed by atoms with E-state index in [0.29, 0.717) is 15.9 Å². The maximum absolute atomic E-state index is 10.8. The second-order valence-corrected chi connectivity index (χ2v) is 3.78. The molecule has 0 atom stereocenters. The highest BCUT2D eigenvalue weighted by molar-refractivity contribution is 6.42. The monoisotopic (exact) mass is 243 g/mol. The molecule has 0 aromatic heterocycles. The number of carbonyl (C=O) groups excluding carboxylic acids is 1. The summed E-state index contributed by atoms with van der Waals surface area (Å²) in [6.07, 6.45) is 0. The highest BCUT2D eigenvalue weighted by Crippen LogP contribution is 2.22. The largest absolute Gasteiger partial charge is 0.282 e. The number of benzene rings is 1. The van der Waals surface area contributed by atoms with Crippen LogP contribution in [0.15, 0.2) is 23.2 Å². The topological polar surface area (TPSA) is 53.5 Å². The molecule has 1 amide bonds. The number of hydrogen-bond acceptors (Lipinski definition) is 3. The highest BCUT2D eigenvalue weighted by atomic mass is 35.5. The van der Waals surface area contributed by atoms with Gasteiger partial charge in [-0.05, 0) is 18.2 Å². The van der Waals surface area contributed by atoms with Gasteiger partial charge in [0.25, 0.3) is 5.91 Å². The summed E-state index contributed by atoms with van der Waals surface area (Å²) in [5.74, 6) is 0.409. The van der Waals surface area contributed by atoms with E-state index in [0.717, 1.165) is 5.56 Å². The molecule has 0 radical (unpaired) electrons. The third-order valence-electron chi connectivity index (χ3n) is 1.89. The van der Waals surface area contributed by atoms with Crippen LogP contribution in [0.2, 0.25) is 10.0 Å². The molecule has 0 saturated carbocycles. The summed E-state index contributed by atoms with van der Waals surface area (Å²) in [6.45, 7) is 0.114. The molecule has 1 aromatic rings. The zero-order chi connectivity index (χ0) is 10.8. The first-order valence-corrected chi connectivity index (χ1v) is 4.97. The van der Waals surface area contributed by atoms with Crippen LogP contribution in [-0.2, 0) is 4.79 Å². The third-order valence-corrected chi connectivity index (χ3v) is 2.63. The molecule has 1 aliphatic heterocycles. The fourth-order valence-corrected chi connectivity index (χ4v) is 1.46. The predicted octanol–water partition coefficient (Wildman–Crippen LogP) is 1.37. The number of halogens is 2. The van der Waals surface area contributed by atoms with Gasteiger partial charge in [-0.15, -0.1) is 0 Å². The van der Waals surface area contributed by atoms with Crippen molar-refractivity contribution < 1.29 is 4.79 Å². The number of amides is 1. The quantitative estimate of drug-likeness (QED) is 0.783. The molecule has 2 rings (SSSR count). The Kier molecular flexibility index (Phi) is 2.79.